The van der Waals surface area contributed by atoms with E-state index in [4.69, 9.17) is 0 Å². The lowest BCUT2D eigenvalue weighted by Crippen LogP contribution is -2.46. The van der Waals surface area contributed by atoms with Crippen LogP contribution in [0.5, 0.6) is 0 Å². The van der Waals surface area contributed by atoms with Gasteiger partial charge in [-0.05, 0) is 60.3 Å². The highest BCUT2D eigenvalue weighted by Crippen LogP contribution is 2.19. The highest BCUT2D eigenvalue weighted by atomic mass is 16.2. The van der Waals surface area contributed by atoms with Crippen LogP contribution >= 0.6 is 0 Å². The van der Waals surface area contributed by atoms with Crippen molar-refractivity contribution in [3.63, 3.8) is 0 Å². The monoisotopic (exact) mass is 241 g/mol. The fraction of sp³-hybridized carbons (Fsp3) is 0.923. The lowest BCUT2D eigenvalue weighted by molar-refractivity contribution is -0.126. The minimum absolute atomic E-state index is 0.106. The van der Waals surface area contributed by atoms with E-state index in [2.05, 4.69) is 43.1 Å². The second kappa shape index (κ2) is 6.97. The van der Waals surface area contributed by atoms with Gasteiger partial charge < -0.3 is 10.2 Å². The topological polar surface area (TPSA) is 35.6 Å². The van der Waals surface area contributed by atoms with E-state index in [0.717, 1.165) is 38.9 Å². The van der Waals surface area contributed by atoms with Gasteiger partial charge in [0.2, 0.25) is 5.91 Å². The third-order valence-electron chi connectivity index (χ3n) is 3.34. The van der Waals surface area contributed by atoms with E-state index < -0.39 is 0 Å². The van der Waals surface area contributed by atoms with Crippen LogP contribution in [-0.2, 0) is 4.79 Å². The van der Waals surface area contributed by atoms with Crippen molar-refractivity contribution in [3.8, 4) is 0 Å². The summed E-state index contributed by atoms with van der Waals surface area (Å²) in [5, 5.41) is 3.06. The normalized spacial score (nSPS) is 21.4. The Labute approximate surface area is 105 Å². The summed E-state index contributed by atoms with van der Waals surface area (Å²) >= 11 is 0. The van der Waals surface area contributed by atoms with Crippen LogP contribution in [0.2, 0.25) is 0 Å². The number of hydrogen-bond donors (Lipinski definition) is 1. The van der Waals surface area contributed by atoms with Gasteiger partial charge >= 0.3 is 0 Å². The largest absolute Gasteiger partial charge is 0.355 e. The van der Waals surface area contributed by atoms with Crippen LogP contribution in [-0.4, -0.2) is 61.5 Å². The number of amides is 1. The average molecular weight is 241 g/mol. The van der Waals surface area contributed by atoms with E-state index in [0.29, 0.717) is 6.04 Å². The molecule has 0 saturated carbocycles. The molecule has 0 aliphatic carbocycles. The second-order valence-electron chi connectivity index (χ2n) is 5.44. The maximum atomic E-state index is 12.0. The summed E-state index contributed by atoms with van der Waals surface area (Å²) in [6, 6.07) is 0.574. The molecule has 1 atom stereocenters. The summed E-state index contributed by atoms with van der Waals surface area (Å²) in [5.41, 5.74) is 0. The molecule has 1 heterocycles. The lowest BCUT2D eigenvalue weighted by atomic mass is 10.2. The molecule has 1 rings (SSSR count). The van der Waals surface area contributed by atoms with Crippen LogP contribution in [0, 0.1) is 0 Å². The summed E-state index contributed by atoms with van der Waals surface area (Å²) < 4.78 is 0. The van der Waals surface area contributed by atoms with Crippen LogP contribution in [0.3, 0.4) is 0 Å². The predicted octanol–water partition coefficient (Wildman–Crippen LogP) is 0.927. The third-order valence-corrected chi connectivity index (χ3v) is 3.34. The van der Waals surface area contributed by atoms with E-state index in [9.17, 15) is 4.79 Å². The first-order chi connectivity index (χ1) is 8.02. The van der Waals surface area contributed by atoms with E-state index in [1.807, 2.05) is 0 Å². The molecule has 0 radical (unpaired) electrons. The average Bonchev–Trinajstić information content (AvgIpc) is 2.72. The number of likely N-dealkylation sites (tertiary alicyclic amines) is 1. The highest BCUT2D eigenvalue weighted by Gasteiger charge is 2.31. The Kier molecular flexibility index (Phi) is 5.92. The Morgan fingerprint density at radius 3 is 2.76 bits per heavy atom. The number of hydrogen-bond acceptors (Lipinski definition) is 3. The van der Waals surface area contributed by atoms with E-state index in [1.165, 1.54) is 0 Å². The number of carbonyl (C=O) groups excluding carboxylic acids is 1. The molecular formula is C13H27N3O. The summed E-state index contributed by atoms with van der Waals surface area (Å²) in [5.74, 6) is 0.218. The van der Waals surface area contributed by atoms with Gasteiger partial charge in [0.25, 0.3) is 0 Å². The number of nitrogens with one attached hydrogen (secondary N) is 1. The molecule has 0 aromatic carbocycles. The van der Waals surface area contributed by atoms with Gasteiger partial charge in [0.05, 0.1) is 6.04 Å². The lowest BCUT2D eigenvalue weighted by Gasteiger charge is -2.27. The van der Waals surface area contributed by atoms with E-state index in [1.54, 1.807) is 0 Å². The Morgan fingerprint density at radius 1 is 1.47 bits per heavy atom. The van der Waals surface area contributed by atoms with Gasteiger partial charge in [-0.2, -0.15) is 0 Å². The molecule has 4 heteroatoms. The Morgan fingerprint density at radius 2 is 2.18 bits per heavy atom. The van der Waals surface area contributed by atoms with Crippen molar-refractivity contribution >= 4 is 5.91 Å². The van der Waals surface area contributed by atoms with Crippen LogP contribution in [0.15, 0.2) is 0 Å². The molecule has 1 aliphatic rings. The van der Waals surface area contributed by atoms with Crippen molar-refractivity contribution in [1.82, 2.24) is 15.1 Å². The summed E-state index contributed by atoms with van der Waals surface area (Å²) in [6.07, 6.45) is 3.18. The smallest absolute Gasteiger partial charge is 0.237 e. The van der Waals surface area contributed by atoms with Crippen molar-refractivity contribution in [2.24, 2.45) is 0 Å². The molecule has 0 unspecified atom stereocenters. The van der Waals surface area contributed by atoms with Gasteiger partial charge in [-0.15, -0.1) is 0 Å². The zero-order valence-corrected chi connectivity index (χ0v) is 11.7. The number of rotatable bonds is 6. The van der Waals surface area contributed by atoms with Gasteiger partial charge in [-0.25, -0.2) is 0 Å². The first kappa shape index (κ1) is 14.5. The fourth-order valence-corrected chi connectivity index (χ4v) is 2.41. The van der Waals surface area contributed by atoms with Crippen molar-refractivity contribution in [1.29, 1.82) is 0 Å². The molecule has 0 aromatic heterocycles. The SMILES string of the molecule is CC(C)N1CCC[C@@H]1C(=O)NCCCN(C)C. The van der Waals surface area contributed by atoms with Crippen molar-refractivity contribution in [2.75, 3.05) is 33.7 Å². The quantitative estimate of drug-likeness (QED) is 0.703. The molecule has 17 heavy (non-hydrogen) atoms. The molecule has 0 bridgehead atoms. The molecule has 1 aliphatic heterocycles. The van der Waals surface area contributed by atoms with Crippen LogP contribution in [0.4, 0.5) is 0 Å². The Balaban J connectivity index is 2.27. The molecule has 1 fully saturated rings. The predicted molar refractivity (Wildman–Crippen MR) is 71.0 cm³/mol. The van der Waals surface area contributed by atoms with Gasteiger partial charge in [-0.3, -0.25) is 9.69 Å². The van der Waals surface area contributed by atoms with E-state index in [-0.39, 0.29) is 11.9 Å². The minimum atomic E-state index is 0.106. The van der Waals surface area contributed by atoms with Gasteiger partial charge in [-0.1, -0.05) is 0 Å². The molecule has 0 aromatic rings. The van der Waals surface area contributed by atoms with Gasteiger partial charge in [0.15, 0.2) is 0 Å². The first-order valence-electron chi connectivity index (χ1n) is 6.70. The number of nitrogens with zero attached hydrogens (tertiary/aromatic N) is 2. The summed E-state index contributed by atoms with van der Waals surface area (Å²) in [6.45, 7) is 7.21. The highest BCUT2D eigenvalue weighted by molar-refractivity contribution is 5.82. The molecule has 0 spiro atoms. The van der Waals surface area contributed by atoms with Crippen LogP contribution < -0.4 is 5.32 Å². The zero-order valence-electron chi connectivity index (χ0n) is 11.7. The summed E-state index contributed by atoms with van der Waals surface area (Å²) in [4.78, 5) is 16.5. The van der Waals surface area contributed by atoms with Crippen molar-refractivity contribution < 1.29 is 4.79 Å². The second-order valence-corrected chi connectivity index (χ2v) is 5.44. The summed E-state index contributed by atoms with van der Waals surface area (Å²) in [7, 11) is 4.11. The van der Waals surface area contributed by atoms with Crippen molar-refractivity contribution in [2.45, 2.75) is 45.2 Å². The number of carbonyl (C=O) groups is 1. The zero-order chi connectivity index (χ0) is 12.8. The van der Waals surface area contributed by atoms with Crippen LogP contribution in [0.25, 0.3) is 0 Å². The molecule has 100 valence electrons. The third kappa shape index (κ3) is 4.64. The molecular weight excluding hydrogens is 214 g/mol. The van der Waals surface area contributed by atoms with Gasteiger partial charge in [0, 0.05) is 12.6 Å². The Bertz CT molecular complexity index is 241. The van der Waals surface area contributed by atoms with Gasteiger partial charge in [0.1, 0.15) is 0 Å². The van der Waals surface area contributed by atoms with Crippen molar-refractivity contribution in [3.05, 3.63) is 0 Å². The Hall–Kier alpha value is -0.610. The van der Waals surface area contributed by atoms with Crippen LogP contribution in [0.1, 0.15) is 33.1 Å². The first-order valence-corrected chi connectivity index (χ1v) is 6.70. The van der Waals surface area contributed by atoms with E-state index >= 15 is 0 Å². The fourth-order valence-electron chi connectivity index (χ4n) is 2.41. The standard InChI is InChI=1S/C13H27N3O/c1-11(2)16-10-5-7-12(16)13(17)14-8-6-9-15(3)4/h11-12H,5-10H2,1-4H3,(H,14,17)/t12-/m1/s1. The maximum absolute atomic E-state index is 12.0. The maximum Gasteiger partial charge on any atom is 0.237 e. The molecule has 1 saturated heterocycles. The molecule has 1 amide bonds. The molecule has 1 N–H and O–H groups in total. The minimum Gasteiger partial charge on any atom is -0.355 e. The molecule has 4 nitrogen and oxygen atoms in total.